The van der Waals surface area contributed by atoms with E-state index in [0.29, 0.717) is 30.5 Å². The van der Waals surface area contributed by atoms with Gasteiger partial charge < -0.3 is 20.1 Å². The van der Waals surface area contributed by atoms with E-state index in [1.807, 2.05) is 54.6 Å². The number of ether oxygens (including phenoxy) is 2. The predicted octanol–water partition coefficient (Wildman–Crippen LogP) is 4.54. The molecule has 0 heterocycles. The van der Waals surface area contributed by atoms with Gasteiger partial charge in [-0.2, -0.15) is 0 Å². The van der Waals surface area contributed by atoms with E-state index in [1.165, 1.54) is 0 Å². The Balaban J connectivity index is 1.72. The van der Waals surface area contributed by atoms with Crippen molar-refractivity contribution in [3.8, 4) is 11.5 Å². The average Bonchev–Trinajstić information content (AvgIpc) is 2.66. The van der Waals surface area contributed by atoms with Gasteiger partial charge in [0.05, 0.1) is 0 Å². The molecular weight excluding hydrogens is 360 g/mol. The minimum atomic E-state index is -0.0635. The van der Waals surface area contributed by atoms with Crippen LogP contribution in [0.5, 0.6) is 11.5 Å². The van der Waals surface area contributed by atoms with Crippen molar-refractivity contribution >= 4 is 28.9 Å². The number of anilines is 1. The Morgan fingerprint density at radius 3 is 2.41 bits per heavy atom. The van der Waals surface area contributed by atoms with Crippen molar-refractivity contribution in [3.63, 3.8) is 0 Å². The number of carbonyl (C=O) groups excluding carboxylic acids is 1. The Labute approximate surface area is 166 Å². The Morgan fingerprint density at radius 1 is 0.963 bits per heavy atom. The third-order valence-corrected chi connectivity index (χ3v) is 3.92. The smallest absolute Gasteiger partial charge is 0.226 e. The zero-order chi connectivity index (χ0) is 19.3. The highest BCUT2D eigenvalue weighted by Gasteiger charge is 2.05. The first-order valence-electron chi connectivity index (χ1n) is 9.19. The van der Waals surface area contributed by atoms with E-state index in [2.05, 4.69) is 17.6 Å². The second kappa shape index (κ2) is 11.9. The topological polar surface area (TPSA) is 59.6 Å². The molecule has 144 valence electrons. The fourth-order valence-corrected chi connectivity index (χ4v) is 2.62. The quantitative estimate of drug-likeness (QED) is 0.464. The molecule has 27 heavy (non-hydrogen) atoms. The summed E-state index contributed by atoms with van der Waals surface area (Å²) in [7, 11) is 0. The lowest BCUT2D eigenvalue weighted by molar-refractivity contribution is -0.119. The van der Waals surface area contributed by atoms with E-state index < -0.39 is 0 Å². The van der Waals surface area contributed by atoms with Crippen molar-refractivity contribution in [3.05, 3.63) is 54.6 Å². The number of carbonyl (C=O) groups is 1. The van der Waals surface area contributed by atoms with E-state index in [1.54, 1.807) is 0 Å². The Kier molecular flexibility index (Phi) is 9.13. The van der Waals surface area contributed by atoms with Crippen LogP contribution in [0.2, 0.25) is 0 Å². The molecule has 6 heteroatoms. The first-order chi connectivity index (χ1) is 13.2. The fourth-order valence-electron chi connectivity index (χ4n) is 2.39. The molecule has 5 nitrogen and oxygen atoms in total. The van der Waals surface area contributed by atoms with Crippen LogP contribution < -0.4 is 20.1 Å². The summed E-state index contributed by atoms with van der Waals surface area (Å²) in [6, 6.07) is 17.0. The summed E-state index contributed by atoms with van der Waals surface area (Å²) < 4.78 is 11.3. The van der Waals surface area contributed by atoms with Gasteiger partial charge in [0.15, 0.2) is 5.11 Å². The average molecular weight is 387 g/mol. The molecule has 0 spiro atoms. The largest absolute Gasteiger partial charge is 0.490 e. The van der Waals surface area contributed by atoms with Crippen molar-refractivity contribution in [1.29, 1.82) is 0 Å². The Bertz CT molecular complexity index is 722. The highest BCUT2D eigenvalue weighted by Crippen LogP contribution is 2.17. The van der Waals surface area contributed by atoms with Gasteiger partial charge >= 0.3 is 0 Å². The van der Waals surface area contributed by atoms with Crippen LogP contribution in [0.1, 0.15) is 32.6 Å². The number of amides is 1. The van der Waals surface area contributed by atoms with E-state index in [9.17, 15) is 4.79 Å². The van der Waals surface area contributed by atoms with Crippen molar-refractivity contribution in [1.82, 2.24) is 5.32 Å². The Hall–Kier alpha value is -2.60. The molecule has 0 fully saturated rings. The number of nitrogens with one attached hydrogen (secondary N) is 2. The molecule has 0 saturated carbocycles. The maximum absolute atomic E-state index is 11.8. The van der Waals surface area contributed by atoms with Crippen molar-refractivity contribution < 1.29 is 14.3 Å². The third kappa shape index (κ3) is 8.55. The van der Waals surface area contributed by atoms with Crippen LogP contribution in [0, 0.1) is 0 Å². The van der Waals surface area contributed by atoms with Crippen LogP contribution in [-0.4, -0.2) is 24.2 Å². The molecular formula is C21H26N2O3S. The van der Waals surface area contributed by atoms with E-state index in [4.69, 9.17) is 21.7 Å². The first-order valence-corrected chi connectivity index (χ1v) is 9.59. The maximum Gasteiger partial charge on any atom is 0.226 e. The van der Waals surface area contributed by atoms with Gasteiger partial charge in [0, 0.05) is 18.2 Å². The van der Waals surface area contributed by atoms with Gasteiger partial charge in [-0.05, 0) is 42.9 Å². The molecule has 0 aliphatic carbocycles. The molecule has 2 rings (SSSR count). The molecule has 0 bridgehead atoms. The summed E-state index contributed by atoms with van der Waals surface area (Å²) in [5, 5.41) is 6.00. The lowest BCUT2D eigenvalue weighted by Crippen LogP contribution is -2.33. The number of para-hydroxylation sites is 1. The molecule has 0 aromatic heterocycles. The van der Waals surface area contributed by atoms with Crippen molar-refractivity contribution in [2.24, 2.45) is 0 Å². The standard InChI is InChI=1S/C21H26N2O3S/c1-2-3-5-13-20(24)23-21(27)22-17-9-8-12-19(16-17)26-15-14-25-18-10-6-4-7-11-18/h4,6-12,16H,2-3,5,13-15H2,1H3,(H2,22,23,24,27). The lowest BCUT2D eigenvalue weighted by Gasteiger charge is -2.12. The normalized spacial score (nSPS) is 10.1. The molecule has 0 aliphatic heterocycles. The summed E-state index contributed by atoms with van der Waals surface area (Å²) in [5.41, 5.74) is 0.760. The number of thiocarbonyl (C=S) groups is 1. The molecule has 0 saturated heterocycles. The molecule has 1 amide bonds. The maximum atomic E-state index is 11.8. The number of hydrogen-bond acceptors (Lipinski definition) is 4. The van der Waals surface area contributed by atoms with Gasteiger partial charge in [-0.25, -0.2) is 0 Å². The molecule has 2 aromatic rings. The highest BCUT2D eigenvalue weighted by molar-refractivity contribution is 7.80. The zero-order valence-corrected chi connectivity index (χ0v) is 16.4. The fraction of sp³-hybridized carbons (Fsp3) is 0.333. The molecule has 2 N–H and O–H groups in total. The lowest BCUT2D eigenvalue weighted by atomic mass is 10.2. The van der Waals surface area contributed by atoms with Crippen LogP contribution in [0.4, 0.5) is 5.69 Å². The summed E-state index contributed by atoms with van der Waals surface area (Å²) in [5.74, 6) is 1.46. The number of benzene rings is 2. The number of hydrogen-bond donors (Lipinski definition) is 2. The minimum absolute atomic E-state index is 0.0635. The molecule has 2 aromatic carbocycles. The van der Waals surface area contributed by atoms with Crippen LogP contribution in [0.15, 0.2) is 54.6 Å². The first kappa shape index (κ1) is 20.7. The summed E-state index contributed by atoms with van der Waals surface area (Å²) in [6.45, 7) is 2.98. The second-order valence-electron chi connectivity index (χ2n) is 6.00. The third-order valence-electron chi connectivity index (χ3n) is 3.72. The van der Waals surface area contributed by atoms with Crippen LogP contribution in [0.25, 0.3) is 0 Å². The molecule has 0 radical (unpaired) electrons. The minimum Gasteiger partial charge on any atom is -0.490 e. The number of rotatable bonds is 10. The zero-order valence-electron chi connectivity index (χ0n) is 15.6. The van der Waals surface area contributed by atoms with Crippen LogP contribution in [0.3, 0.4) is 0 Å². The van der Waals surface area contributed by atoms with Crippen LogP contribution >= 0.6 is 12.2 Å². The summed E-state index contributed by atoms with van der Waals surface area (Å²) in [4.78, 5) is 11.8. The highest BCUT2D eigenvalue weighted by atomic mass is 32.1. The van der Waals surface area contributed by atoms with Gasteiger partial charge in [-0.3, -0.25) is 4.79 Å². The van der Waals surface area contributed by atoms with Crippen molar-refractivity contribution in [2.45, 2.75) is 32.6 Å². The van der Waals surface area contributed by atoms with E-state index >= 15 is 0 Å². The summed E-state index contributed by atoms with van der Waals surface area (Å²) in [6.07, 6.45) is 3.49. The number of unbranched alkanes of at least 4 members (excludes halogenated alkanes) is 2. The molecule has 0 atom stereocenters. The van der Waals surface area contributed by atoms with E-state index in [-0.39, 0.29) is 5.91 Å². The molecule has 0 aliphatic rings. The van der Waals surface area contributed by atoms with Gasteiger partial charge in [0.25, 0.3) is 0 Å². The second-order valence-corrected chi connectivity index (χ2v) is 6.41. The predicted molar refractivity (Wildman–Crippen MR) is 112 cm³/mol. The van der Waals surface area contributed by atoms with Gasteiger partial charge in [0.1, 0.15) is 24.7 Å². The van der Waals surface area contributed by atoms with Crippen molar-refractivity contribution in [2.75, 3.05) is 18.5 Å². The SMILES string of the molecule is CCCCCC(=O)NC(=S)Nc1cccc(OCCOc2ccccc2)c1. The van der Waals surface area contributed by atoms with Gasteiger partial charge in [-0.1, -0.05) is 44.0 Å². The van der Waals surface area contributed by atoms with Gasteiger partial charge in [0.2, 0.25) is 5.91 Å². The molecule has 0 unspecified atom stereocenters. The Morgan fingerprint density at radius 2 is 1.67 bits per heavy atom. The van der Waals surface area contributed by atoms with Crippen LogP contribution in [-0.2, 0) is 4.79 Å². The summed E-state index contributed by atoms with van der Waals surface area (Å²) >= 11 is 5.19. The monoisotopic (exact) mass is 386 g/mol. The van der Waals surface area contributed by atoms with Gasteiger partial charge in [-0.15, -0.1) is 0 Å². The van der Waals surface area contributed by atoms with E-state index in [0.717, 1.165) is 30.7 Å².